The molecule has 4 nitrogen and oxygen atoms in total. The molecule has 0 spiro atoms. The first-order valence-electron chi connectivity index (χ1n) is 4.83. The van der Waals surface area contributed by atoms with Gasteiger partial charge in [-0.1, -0.05) is 24.3 Å². The molecule has 16 heavy (non-hydrogen) atoms. The van der Waals surface area contributed by atoms with E-state index in [1.807, 2.05) is 0 Å². The molecule has 1 atom stereocenters. The molecule has 1 aromatic rings. The molecule has 0 fully saturated rings. The van der Waals surface area contributed by atoms with Gasteiger partial charge in [-0.3, -0.25) is 9.59 Å². The van der Waals surface area contributed by atoms with E-state index in [0.29, 0.717) is 5.56 Å². The minimum absolute atomic E-state index is 0.0498. The number of allylic oxidation sites excluding steroid dienone is 1. The monoisotopic (exact) mass is 218 g/mol. The number of benzene rings is 1. The number of carbonyl (C=O) groups excluding carboxylic acids is 2. The van der Waals surface area contributed by atoms with Crippen molar-refractivity contribution in [3.8, 4) is 0 Å². The molecule has 2 N–H and O–H groups in total. The van der Waals surface area contributed by atoms with Gasteiger partial charge in [-0.15, -0.1) is 0 Å². The van der Waals surface area contributed by atoms with Gasteiger partial charge in [-0.05, 0) is 6.08 Å². The van der Waals surface area contributed by atoms with Gasteiger partial charge in [0, 0.05) is 16.7 Å². The lowest BCUT2D eigenvalue weighted by molar-refractivity contribution is 0.0876. The molecular formula is C12H10O4. The molecule has 0 aromatic heterocycles. The van der Waals surface area contributed by atoms with Crippen molar-refractivity contribution in [2.45, 2.75) is 6.10 Å². The Morgan fingerprint density at radius 3 is 2.38 bits per heavy atom. The second-order valence-corrected chi connectivity index (χ2v) is 3.54. The zero-order valence-electron chi connectivity index (χ0n) is 8.38. The van der Waals surface area contributed by atoms with Crippen LogP contribution in [-0.2, 0) is 0 Å². The lowest BCUT2D eigenvalue weighted by Gasteiger charge is -2.17. The van der Waals surface area contributed by atoms with Crippen LogP contribution in [0.25, 0.3) is 0 Å². The van der Waals surface area contributed by atoms with E-state index in [1.165, 1.54) is 6.07 Å². The number of fused-ring (bicyclic) bond motifs is 1. The van der Waals surface area contributed by atoms with Crippen molar-refractivity contribution in [2.75, 3.05) is 6.61 Å². The van der Waals surface area contributed by atoms with Crippen molar-refractivity contribution in [2.24, 2.45) is 0 Å². The molecule has 0 radical (unpaired) electrons. The fourth-order valence-corrected chi connectivity index (χ4v) is 1.68. The van der Waals surface area contributed by atoms with Gasteiger partial charge in [0.05, 0.1) is 6.61 Å². The average Bonchev–Trinajstić information content (AvgIpc) is 2.33. The Morgan fingerprint density at radius 1 is 1.12 bits per heavy atom. The topological polar surface area (TPSA) is 74.6 Å². The van der Waals surface area contributed by atoms with Gasteiger partial charge in [-0.2, -0.15) is 0 Å². The molecule has 0 bridgehead atoms. The number of hydrogen-bond acceptors (Lipinski definition) is 4. The van der Waals surface area contributed by atoms with E-state index in [9.17, 15) is 14.7 Å². The zero-order valence-corrected chi connectivity index (χ0v) is 8.38. The summed E-state index contributed by atoms with van der Waals surface area (Å²) in [7, 11) is 0. The number of ketones is 2. The summed E-state index contributed by atoms with van der Waals surface area (Å²) in [5.74, 6) is -0.727. The fourth-order valence-electron chi connectivity index (χ4n) is 1.68. The zero-order chi connectivity index (χ0) is 11.7. The lowest BCUT2D eigenvalue weighted by Crippen LogP contribution is -2.27. The summed E-state index contributed by atoms with van der Waals surface area (Å²) in [5.41, 5.74) is 0.560. The predicted molar refractivity (Wildman–Crippen MR) is 56.3 cm³/mol. The first-order valence-corrected chi connectivity index (χ1v) is 4.83. The Balaban J connectivity index is 2.51. The van der Waals surface area contributed by atoms with Crippen molar-refractivity contribution in [1.29, 1.82) is 0 Å². The normalized spacial score (nSPS) is 16.8. The second-order valence-electron chi connectivity index (χ2n) is 3.54. The minimum Gasteiger partial charge on any atom is -0.393 e. The molecule has 1 unspecified atom stereocenters. The van der Waals surface area contributed by atoms with E-state index >= 15 is 0 Å². The molecule has 1 aliphatic rings. The number of aliphatic hydroxyl groups is 2. The van der Waals surface area contributed by atoms with Crippen LogP contribution in [0.3, 0.4) is 0 Å². The maximum absolute atomic E-state index is 11.9. The van der Waals surface area contributed by atoms with Crippen LogP contribution in [0.15, 0.2) is 35.9 Å². The highest BCUT2D eigenvalue weighted by atomic mass is 16.3. The Kier molecular flexibility index (Phi) is 2.68. The van der Waals surface area contributed by atoms with Crippen molar-refractivity contribution in [1.82, 2.24) is 0 Å². The second kappa shape index (κ2) is 4.00. The SMILES string of the molecule is O=C1C=C(C(O)CO)C(=O)c2ccccc21. The van der Waals surface area contributed by atoms with Gasteiger partial charge in [0.2, 0.25) is 0 Å². The highest BCUT2D eigenvalue weighted by Gasteiger charge is 2.28. The van der Waals surface area contributed by atoms with Gasteiger partial charge in [0.1, 0.15) is 6.10 Å². The third kappa shape index (κ3) is 1.58. The molecular weight excluding hydrogens is 208 g/mol. The van der Waals surface area contributed by atoms with E-state index in [0.717, 1.165) is 6.08 Å². The fraction of sp³-hybridized carbons (Fsp3) is 0.167. The summed E-state index contributed by atoms with van der Waals surface area (Å²) >= 11 is 0. The van der Waals surface area contributed by atoms with Gasteiger partial charge >= 0.3 is 0 Å². The van der Waals surface area contributed by atoms with Gasteiger partial charge < -0.3 is 10.2 Å². The Labute approximate surface area is 91.8 Å². The average molecular weight is 218 g/mol. The van der Waals surface area contributed by atoms with E-state index < -0.39 is 18.5 Å². The van der Waals surface area contributed by atoms with E-state index in [4.69, 9.17) is 5.11 Å². The third-order valence-corrected chi connectivity index (χ3v) is 2.52. The summed E-state index contributed by atoms with van der Waals surface area (Å²) in [6.07, 6.45) is -0.212. The maximum atomic E-state index is 11.9. The van der Waals surface area contributed by atoms with E-state index in [2.05, 4.69) is 0 Å². The van der Waals surface area contributed by atoms with E-state index in [-0.39, 0.29) is 16.9 Å². The number of rotatable bonds is 2. The number of carbonyl (C=O) groups is 2. The Hall–Kier alpha value is -1.78. The highest BCUT2D eigenvalue weighted by Crippen LogP contribution is 2.22. The maximum Gasteiger partial charge on any atom is 0.192 e. The molecule has 1 aromatic carbocycles. The first-order chi connectivity index (χ1) is 7.65. The molecule has 0 saturated heterocycles. The molecule has 0 heterocycles. The van der Waals surface area contributed by atoms with Crippen LogP contribution in [0.2, 0.25) is 0 Å². The number of hydrogen-bond donors (Lipinski definition) is 2. The van der Waals surface area contributed by atoms with Gasteiger partial charge in [-0.25, -0.2) is 0 Å². The van der Waals surface area contributed by atoms with Crippen LogP contribution in [0.1, 0.15) is 20.7 Å². The van der Waals surface area contributed by atoms with Gasteiger partial charge in [0.15, 0.2) is 11.6 Å². The predicted octanol–water partition coefficient (Wildman–Crippen LogP) is 0.345. The molecule has 0 amide bonds. The van der Waals surface area contributed by atoms with Crippen molar-refractivity contribution in [3.63, 3.8) is 0 Å². The van der Waals surface area contributed by atoms with Crippen molar-refractivity contribution >= 4 is 11.6 Å². The summed E-state index contributed by atoms with van der Waals surface area (Å²) in [6, 6.07) is 6.42. The number of aliphatic hydroxyl groups excluding tert-OH is 2. The molecule has 4 heteroatoms. The van der Waals surface area contributed by atoms with Gasteiger partial charge in [0.25, 0.3) is 0 Å². The van der Waals surface area contributed by atoms with Crippen molar-refractivity contribution < 1.29 is 19.8 Å². The Morgan fingerprint density at radius 2 is 1.75 bits per heavy atom. The third-order valence-electron chi connectivity index (χ3n) is 2.52. The summed E-state index contributed by atoms with van der Waals surface area (Å²) in [5, 5.41) is 18.2. The molecule has 2 rings (SSSR count). The standard InChI is InChI=1S/C12H10O4/c13-6-11(15)9-5-10(14)7-3-1-2-4-8(7)12(9)16/h1-5,11,13,15H,6H2. The summed E-state index contributed by atoms with van der Waals surface area (Å²) < 4.78 is 0. The quantitative estimate of drug-likeness (QED) is 0.750. The molecule has 1 aliphatic carbocycles. The van der Waals surface area contributed by atoms with Crippen LogP contribution < -0.4 is 0 Å². The smallest absolute Gasteiger partial charge is 0.192 e. The number of Topliss-reactive ketones (excluding diaryl/α,β-unsaturated/α-hetero) is 1. The van der Waals surface area contributed by atoms with E-state index in [1.54, 1.807) is 18.2 Å². The minimum atomic E-state index is -1.30. The Bertz CT molecular complexity index is 488. The molecule has 0 saturated carbocycles. The largest absolute Gasteiger partial charge is 0.393 e. The van der Waals surface area contributed by atoms with Crippen LogP contribution in [-0.4, -0.2) is 34.5 Å². The van der Waals surface area contributed by atoms with Crippen LogP contribution in [0.4, 0.5) is 0 Å². The summed E-state index contributed by atoms with van der Waals surface area (Å²) in [4.78, 5) is 23.5. The lowest BCUT2D eigenvalue weighted by atomic mass is 9.87. The van der Waals surface area contributed by atoms with Crippen LogP contribution >= 0.6 is 0 Å². The first kappa shape index (κ1) is 10.7. The van der Waals surface area contributed by atoms with Crippen LogP contribution in [0.5, 0.6) is 0 Å². The van der Waals surface area contributed by atoms with Crippen LogP contribution in [0, 0.1) is 0 Å². The van der Waals surface area contributed by atoms with Crippen molar-refractivity contribution in [3.05, 3.63) is 47.0 Å². The molecule has 82 valence electrons. The summed E-state index contributed by atoms with van der Waals surface area (Å²) in [6.45, 7) is -0.576. The molecule has 0 aliphatic heterocycles. The highest BCUT2D eigenvalue weighted by molar-refractivity contribution is 6.24.